The summed E-state index contributed by atoms with van der Waals surface area (Å²) >= 11 is 0. The van der Waals surface area contributed by atoms with Gasteiger partial charge in [-0.3, -0.25) is 4.90 Å². The Morgan fingerprint density at radius 1 is 0.875 bits per heavy atom. The summed E-state index contributed by atoms with van der Waals surface area (Å²) in [4.78, 5) is 2.82. The Hall–Kier alpha value is -0.0800. The monoisotopic (exact) mass is 222 g/mol. The van der Waals surface area contributed by atoms with Crippen molar-refractivity contribution in [2.45, 2.75) is 39.2 Å². The smallest absolute Gasteiger partial charge is 0.0101 e. The molecule has 4 atom stereocenters. The molecule has 4 unspecified atom stereocenters. The SMILES string of the molecule is CC1CC(C)CC(N2CC3CNCC3C2)C1. The van der Waals surface area contributed by atoms with Crippen molar-refractivity contribution in [2.75, 3.05) is 26.2 Å². The van der Waals surface area contributed by atoms with Crippen LogP contribution in [0.3, 0.4) is 0 Å². The third-order valence-corrected chi connectivity index (χ3v) is 5.09. The minimum Gasteiger partial charge on any atom is -0.316 e. The second kappa shape index (κ2) is 4.30. The first kappa shape index (κ1) is 11.0. The molecule has 3 aliphatic rings. The first-order valence-corrected chi connectivity index (χ1v) is 7.17. The second-order valence-electron chi connectivity index (χ2n) is 6.70. The van der Waals surface area contributed by atoms with Crippen LogP contribution in [0.15, 0.2) is 0 Å². The lowest BCUT2D eigenvalue weighted by Crippen LogP contribution is -2.40. The van der Waals surface area contributed by atoms with Crippen molar-refractivity contribution in [3.8, 4) is 0 Å². The Labute approximate surface area is 99.8 Å². The maximum Gasteiger partial charge on any atom is 0.0101 e. The van der Waals surface area contributed by atoms with Crippen molar-refractivity contribution < 1.29 is 0 Å². The number of likely N-dealkylation sites (tertiary alicyclic amines) is 1. The van der Waals surface area contributed by atoms with Gasteiger partial charge in [-0.1, -0.05) is 13.8 Å². The molecule has 92 valence electrons. The highest BCUT2D eigenvalue weighted by Gasteiger charge is 2.40. The molecule has 2 aliphatic heterocycles. The molecule has 16 heavy (non-hydrogen) atoms. The van der Waals surface area contributed by atoms with Crippen molar-refractivity contribution in [1.82, 2.24) is 10.2 Å². The summed E-state index contributed by atoms with van der Waals surface area (Å²) in [6, 6.07) is 0.907. The Morgan fingerprint density at radius 3 is 2.00 bits per heavy atom. The molecular formula is C14H26N2. The molecule has 2 saturated heterocycles. The Kier molecular flexibility index (Phi) is 2.97. The van der Waals surface area contributed by atoms with E-state index in [2.05, 4.69) is 24.1 Å². The maximum atomic E-state index is 3.54. The summed E-state index contributed by atoms with van der Waals surface area (Å²) < 4.78 is 0. The van der Waals surface area contributed by atoms with Crippen LogP contribution >= 0.6 is 0 Å². The third kappa shape index (κ3) is 2.02. The van der Waals surface area contributed by atoms with Gasteiger partial charge in [0.15, 0.2) is 0 Å². The molecule has 0 spiro atoms. The van der Waals surface area contributed by atoms with Gasteiger partial charge in [0.25, 0.3) is 0 Å². The van der Waals surface area contributed by atoms with E-state index in [1.165, 1.54) is 45.4 Å². The van der Waals surface area contributed by atoms with E-state index in [1.807, 2.05) is 0 Å². The van der Waals surface area contributed by atoms with Gasteiger partial charge >= 0.3 is 0 Å². The zero-order valence-corrected chi connectivity index (χ0v) is 10.8. The van der Waals surface area contributed by atoms with Gasteiger partial charge in [-0.2, -0.15) is 0 Å². The molecular weight excluding hydrogens is 196 g/mol. The van der Waals surface area contributed by atoms with E-state index in [9.17, 15) is 0 Å². The average Bonchev–Trinajstić information content (AvgIpc) is 2.74. The summed E-state index contributed by atoms with van der Waals surface area (Å²) in [5, 5.41) is 3.54. The molecule has 0 aromatic carbocycles. The van der Waals surface area contributed by atoms with Crippen molar-refractivity contribution >= 4 is 0 Å². The fourth-order valence-electron chi connectivity index (χ4n) is 4.39. The van der Waals surface area contributed by atoms with Crippen molar-refractivity contribution in [3.05, 3.63) is 0 Å². The van der Waals surface area contributed by atoms with Gasteiger partial charge in [0, 0.05) is 19.1 Å². The lowest BCUT2D eigenvalue weighted by molar-refractivity contribution is 0.125. The molecule has 1 N–H and O–H groups in total. The van der Waals surface area contributed by atoms with Gasteiger partial charge in [-0.15, -0.1) is 0 Å². The summed E-state index contributed by atoms with van der Waals surface area (Å²) in [7, 11) is 0. The standard InChI is InChI=1S/C14H26N2/c1-10-3-11(2)5-14(4-10)16-8-12-6-15-7-13(12)9-16/h10-15H,3-9H2,1-2H3. The Bertz CT molecular complexity index is 231. The zero-order valence-electron chi connectivity index (χ0n) is 10.8. The molecule has 2 heteroatoms. The fraction of sp³-hybridized carbons (Fsp3) is 1.00. The predicted octanol–water partition coefficient (Wildman–Crippen LogP) is 1.96. The quantitative estimate of drug-likeness (QED) is 0.729. The van der Waals surface area contributed by atoms with Gasteiger partial charge in [-0.25, -0.2) is 0 Å². The van der Waals surface area contributed by atoms with Gasteiger partial charge < -0.3 is 5.32 Å². The molecule has 0 aromatic rings. The maximum absolute atomic E-state index is 3.54. The van der Waals surface area contributed by atoms with Crippen LogP contribution in [0, 0.1) is 23.7 Å². The molecule has 3 rings (SSSR count). The van der Waals surface area contributed by atoms with Crippen LogP contribution in [0.25, 0.3) is 0 Å². The molecule has 2 heterocycles. The molecule has 0 bridgehead atoms. The largest absolute Gasteiger partial charge is 0.316 e. The van der Waals surface area contributed by atoms with E-state index in [4.69, 9.17) is 0 Å². The highest BCUT2D eigenvalue weighted by atomic mass is 15.2. The fourth-order valence-corrected chi connectivity index (χ4v) is 4.39. The Balaban J connectivity index is 1.61. The van der Waals surface area contributed by atoms with E-state index in [0.717, 1.165) is 29.7 Å². The van der Waals surface area contributed by atoms with Crippen LogP contribution in [0.2, 0.25) is 0 Å². The normalized spacial score (nSPS) is 49.5. The lowest BCUT2D eigenvalue weighted by Gasteiger charge is -2.37. The van der Waals surface area contributed by atoms with Crippen molar-refractivity contribution in [3.63, 3.8) is 0 Å². The summed E-state index contributed by atoms with van der Waals surface area (Å²) in [5.74, 6) is 3.83. The van der Waals surface area contributed by atoms with E-state index in [0.29, 0.717) is 0 Å². The van der Waals surface area contributed by atoms with Gasteiger partial charge in [0.1, 0.15) is 0 Å². The average molecular weight is 222 g/mol. The topological polar surface area (TPSA) is 15.3 Å². The number of nitrogens with one attached hydrogen (secondary N) is 1. The summed E-state index contributed by atoms with van der Waals surface area (Å²) in [6.07, 6.45) is 4.37. The van der Waals surface area contributed by atoms with Crippen molar-refractivity contribution in [1.29, 1.82) is 0 Å². The second-order valence-corrected chi connectivity index (χ2v) is 6.70. The number of hydrogen-bond acceptors (Lipinski definition) is 2. The molecule has 3 fully saturated rings. The third-order valence-electron chi connectivity index (χ3n) is 5.09. The van der Waals surface area contributed by atoms with E-state index < -0.39 is 0 Å². The zero-order chi connectivity index (χ0) is 11.1. The van der Waals surface area contributed by atoms with Gasteiger partial charge in [0.05, 0.1) is 0 Å². The van der Waals surface area contributed by atoms with Gasteiger partial charge in [-0.05, 0) is 56.0 Å². The Morgan fingerprint density at radius 2 is 1.44 bits per heavy atom. The first-order chi connectivity index (χ1) is 7.72. The summed E-state index contributed by atoms with van der Waals surface area (Å²) in [5.41, 5.74) is 0. The van der Waals surface area contributed by atoms with E-state index in [1.54, 1.807) is 0 Å². The highest BCUT2D eigenvalue weighted by Crippen LogP contribution is 2.36. The minimum absolute atomic E-state index is 0.907. The highest BCUT2D eigenvalue weighted by molar-refractivity contribution is 4.95. The first-order valence-electron chi connectivity index (χ1n) is 7.17. The van der Waals surface area contributed by atoms with Crippen LogP contribution in [0.5, 0.6) is 0 Å². The number of nitrogens with zero attached hydrogens (tertiary/aromatic N) is 1. The molecule has 0 radical (unpaired) electrons. The summed E-state index contributed by atoms with van der Waals surface area (Å²) in [6.45, 7) is 10.2. The minimum atomic E-state index is 0.907. The van der Waals surface area contributed by atoms with Crippen LogP contribution in [-0.4, -0.2) is 37.1 Å². The van der Waals surface area contributed by atoms with Crippen LogP contribution < -0.4 is 5.32 Å². The number of rotatable bonds is 1. The number of hydrogen-bond donors (Lipinski definition) is 1. The van der Waals surface area contributed by atoms with Gasteiger partial charge in [0.2, 0.25) is 0 Å². The molecule has 0 aromatic heterocycles. The predicted molar refractivity (Wildman–Crippen MR) is 67.4 cm³/mol. The van der Waals surface area contributed by atoms with Crippen LogP contribution in [0.1, 0.15) is 33.1 Å². The van der Waals surface area contributed by atoms with E-state index in [-0.39, 0.29) is 0 Å². The van der Waals surface area contributed by atoms with E-state index >= 15 is 0 Å². The lowest BCUT2D eigenvalue weighted by atomic mass is 9.80. The molecule has 2 nitrogen and oxygen atoms in total. The number of fused-ring (bicyclic) bond motifs is 1. The molecule has 1 saturated carbocycles. The van der Waals surface area contributed by atoms with Crippen LogP contribution in [-0.2, 0) is 0 Å². The van der Waals surface area contributed by atoms with Crippen LogP contribution in [0.4, 0.5) is 0 Å². The van der Waals surface area contributed by atoms with Crippen molar-refractivity contribution in [2.24, 2.45) is 23.7 Å². The molecule has 1 aliphatic carbocycles. The molecule has 0 amide bonds.